The smallest absolute Gasteiger partial charge is 0.235 e. The zero-order chi connectivity index (χ0) is 10.0. The fourth-order valence-electron chi connectivity index (χ4n) is 1.65. The van der Waals surface area contributed by atoms with Crippen molar-refractivity contribution in [2.24, 2.45) is 5.92 Å². The molecule has 76 valence electrons. The molecule has 3 nitrogen and oxygen atoms in total. The van der Waals surface area contributed by atoms with E-state index in [9.17, 15) is 9.90 Å². The first-order valence-electron chi connectivity index (χ1n) is 4.67. The minimum absolute atomic E-state index is 0.0754. The molecule has 1 aliphatic heterocycles. The molecule has 4 heteroatoms. The molecule has 1 saturated heterocycles. The average molecular weight is 203 g/mol. The zero-order valence-corrected chi connectivity index (χ0v) is 9.00. The van der Waals surface area contributed by atoms with Crippen molar-refractivity contribution < 1.29 is 9.90 Å². The van der Waals surface area contributed by atoms with Gasteiger partial charge in [-0.3, -0.25) is 4.79 Å². The second-order valence-electron chi connectivity index (χ2n) is 3.75. The van der Waals surface area contributed by atoms with Crippen molar-refractivity contribution >= 4 is 18.5 Å². The maximum Gasteiger partial charge on any atom is 0.235 e. The fourth-order valence-corrected chi connectivity index (χ4v) is 1.81. The van der Waals surface area contributed by atoms with Crippen LogP contribution in [0.5, 0.6) is 0 Å². The fraction of sp³-hybridized carbons (Fsp3) is 0.889. The van der Waals surface area contributed by atoms with Crippen molar-refractivity contribution in [2.75, 3.05) is 13.1 Å². The number of hydrogen-bond acceptors (Lipinski definition) is 3. The molecule has 1 rings (SSSR count). The number of rotatable bonds is 2. The Balaban J connectivity index is 2.45. The minimum atomic E-state index is -0.312. The molecule has 3 unspecified atom stereocenters. The van der Waals surface area contributed by atoms with Crippen LogP contribution in [0.3, 0.4) is 0 Å². The van der Waals surface area contributed by atoms with Gasteiger partial charge in [0.2, 0.25) is 5.91 Å². The van der Waals surface area contributed by atoms with E-state index < -0.39 is 0 Å². The number of nitrogens with zero attached hydrogens (tertiary/aromatic N) is 1. The summed E-state index contributed by atoms with van der Waals surface area (Å²) < 4.78 is 0. The lowest BCUT2D eigenvalue weighted by atomic mass is 10.0. The van der Waals surface area contributed by atoms with Crippen LogP contribution in [0.2, 0.25) is 0 Å². The highest BCUT2D eigenvalue weighted by atomic mass is 32.1. The van der Waals surface area contributed by atoms with Crippen LogP contribution in [-0.4, -0.2) is 40.4 Å². The first-order chi connectivity index (χ1) is 6.02. The van der Waals surface area contributed by atoms with Gasteiger partial charge in [0.15, 0.2) is 0 Å². The lowest BCUT2D eigenvalue weighted by molar-refractivity contribution is -0.129. The molecule has 1 aliphatic rings. The van der Waals surface area contributed by atoms with E-state index in [0.29, 0.717) is 6.54 Å². The van der Waals surface area contributed by atoms with Crippen LogP contribution in [-0.2, 0) is 4.79 Å². The maximum atomic E-state index is 11.5. The van der Waals surface area contributed by atoms with E-state index in [4.69, 9.17) is 0 Å². The van der Waals surface area contributed by atoms with Crippen LogP contribution in [0.4, 0.5) is 0 Å². The standard InChI is InChI=1S/C9H17NO2S/c1-6(11)8-3-4-10(5-8)9(12)7(2)13/h6-8,11,13H,3-5H2,1-2H3. The predicted molar refractivity (Wildman–Crippen MR) is 54.8 cm³/mol. The van der Waals surface area contributed by atoms with Crippen LogP contribution in [0.15, 0.2) is 0 Å². The van der Waals surface area contributed by atoms with Crippen molar-refractivity contribution in [2.45, 2.75) is 31.6 Å². The molecule has 0 bridgehead atoms. The summed E-state index contributed by atoms with van der Waals surface area (Å²) in [6, 6.07) is 0. The van der Waals surface area contributed by atoms with E-state index in [-0.39, 0.29) is 23.2 Å². The van der Waals surface area contributed by atoms with Gasteiger partial charge in [-0.2, -0.15) is 12.6 Å². The monoisotopic (exact) mass is 203 g/mol. The Labute approximate surface area is 84.5 Å². The van der Waals surface area contributed by atoms with Gasteiger partial charge in [0.25, 0.3) is 0 Å². The van der Waals surface area contributed by atoms with E-state index in [1.807, 2.05) is 0 Å². The normalized spacial score (nSPS) is 27.4. The van der Waals surface area contributed by atoms with Gasteiger partial charge in [-0.15, -0.1) is 0 Å². The average Bonchev–Trinajstić information content (AvgIpc) is 2.50. The second-order valence-corrected chi connectivity index (χ2v) is 4.52. The summed E-state index contributed by atoms with van der Waals surface area (Å²) in [5.41, 5.74) is 0. The number of aliphatic hydroxyl groups excluding tert-OH is 1. The van der Waals surface area contributed by atoms with E-state index in [0.717, 1.165) is 13.0 Å². The first kappa shape index (κ1) is 10.9. The van der Waals surface area contributed by atoms with Crippen LogP contribution in [0, 0.1) is 5.92 Å². The Morgan fingerprint density at radius 1 is 1.62 bits per heavy atom. The first-order valence-corrected chi connectivity index (χ1v) is 5.19. The number of carbonyl (C=O) groups is 1. The molecule has 0 radical (unpaired) electrons. The SMILES string of the molecule is CC(S)C(=O)N1CCC(C(C)O)C1. The molecule has 1 amide bonds. The summed E-state index contributed by atoms with van der Waals surface area (Å²) in [5, 5.41) is 9.10. The third-order valence-electron chi connectivity index (χ3n) is 2.58. The highest BCUT2D eigenvalue weighted by molar-refractivity contribution is 7.81. The number of amides is 1. The minimum Gasteiger partial charge on any atom is -0.393 e. The third kappa shape index (κ3) is 2.61. The highest BCUT2D eigenvalue weighted by Gasteiger charge is 2.29. The maximum absolute atomic E-state index is 11.5. The molecule has 0 spiro atoms. The summed E-state index contributed by atoms with van der Waals surface area (Å²) in [7, 11) is 0. The lowest BCUT2D eigenvalue weighted by Crippen LogP contribution is -2.34. The lowest BCUT2D eigenvalue weighted by Gasteiger charge is -2.19. The van der Waals surface area contributed by atoms with Crippen molar-refractivity contribution in [3.63, 3.8) is 0 Å². The van der Waals surface area contributed by atoms with E-state index >= 15 is 0 Å². The van der Waals surface area contributed by atoms with E-state index in [1.54, 1.807) is 18.7 Å². The van der Waals surface area contributed by atoms with Gasteiger partial charge in [0.1, 0.15) is 0 Å². The van der Waals surface area contributed by atoms with Gasteiger partial charge < -0.3 is 10.0 Å². The van der Waals surface area contributed by atoms with Crippen LogP contribution < -0.4 is 0 Å². The summed E-state index contributed by atoms with van der Waals surface area (Å²) in [6.07, 6.45) is 0.595. The summed E-state index contributed by atoms with van der Waals surface area (Å²) in [6.45, 7) is 5.00. The van der Waals surface area contributed by atoms with Gasteiger partial charge in [0, 0.05) is 19.0 Å². The summed E-state index contributed by atoms with van der Waals surface area (Å²) >= 11 is 4.10. The Hall–Kier alpha value is -0.220. The molecular formula is C9H17NO2S. The summed E-state index contributed by atoms with van der Waals surface area (Å²) in [5.74, 6) is 0.322. The zero-order valence-electron chi connectivity index (χ0n) is 8.10. The topological polar surface area (TPSA) is 40.5 Å². The Kier molecular flexibility index (Phi) is 3.62. The van der Waals surface area contributed by atoms with Gasteiger partial charge in [-0.1, -0.05) is 0 Å². The van der Waals surface area contributed by atoms with E-state index in [1.165, 1.54) is 0 Å². The van der Waals surface area contributed by atoms with E-state index in [2.05, 4.69) is 12.6 Å². The Morgan fingerprint density at radius 2 is 2.23 bits per heavy atom. The Bertz CT molecular complexity index is 194. The number of thiol groups is 1. The molecule has 3 atom stereocenters. The molecule has 0 saturated carbocycles. The number of likely N-dealkylation sites (tertiary alicyclic amines) is 1. The number of hydrogen-bond donors (Lipinski definition) is 2. The van der Waals surface area contributed by atoms with Crippen molar-refractivity contribution in [3.05, 3.63) is 0 Å². The highest BCUT2D eigenvalue weighted by Crippen LogP contribution is 2.20. The molecule has 0 aromatic rings. The van der Waals surface area contributed by atoms with Crippen LogP contribution in [0.1, 0.15) is 20.3 Å². The van der Waals surface area contributed by atoms with Crippen LogP contribution >= 0.6 is 12.6 Å². The van der Waals surface area contributed by atoms with Gasteiger partial charge >= 0.3 is 0 Å². The largest absolute Gasteiger partial charge is 0.393 e. The van der Waals surface area contributed by atoms with Gasteiger partial charge in [0.05, 0.1) is 11.4 Å². The molecule has 13 heavy (non-hydrogen) atoms. The second kappa shape index (κ2) is 4.33. The molecule has 0 aliphatic carbocycles. The third-order valence-corrected chi connectivity index (χ3v) is 2.80. The van der Waals surface area contributed by atoms with Crippen molar-refractivity contribution in [1.82, 2.24) is 4.90 Å². The molecule has 0 aromatic carbocycles. The van der Waals surface area contributed by atoms with Crippen molar-refractivity contribution in [3.8, 4) is 0 Å². The van der Waals surface area contributed by atoms with Crippen molar-refractivity contribution in [1.29, 1.82) is 0 Å². The molecule has 1 N–H and O–H groups in total. The molecule has 1 heterocycles. The Morgan fingerprint density at radius 3 is 2.62 bits per heavy atom. The van der Waals surface area contributed by atoms with Gasteiger partial charge in [-0.25, -0.2) is 0 Å². The van der Waals surface area contributed by atoms with Gasteiger partial charge in [-0.05, 0) is 20.3 Å². The quantitative estimate of drug-likeness (QED) is 0.643. The molecular weight excluding hydrogens is 186 g/mol. The molecule has 0 aromatic heterocycles. The number of aliphatic hydroxyl groups is 1. The number of carbonyl (C=O) groups excluding carboxylic acids is 1. The predicted octanol–water partition coefficient (Wildman–Crippen LogP) is 0.534. The van der Waals surface area contributed by atoms with Crippen LogP contribution in [0.25, 0.3) is 0 Å². The molecule has 1 fully saturated rings. The summed E-state index contributed by atoms with van der Waals surface area (Å²) in [4.78, 5) is 13.3.